The number of alkyl halides is 3. The topological polar surface area (TPSA) is 70.1 Å². The molecule has 0 aliphatic heterocycles. The Morgan fingerprint density at radius 1 is 1.32 bits per heavy atom. The average molecular weight is 420 g/mol. The minimum absolute atomic E-state index is 0.152. The number of hydrogen-bond acceptors (Lipinski definition) is 5. The molecule has 1 aromatic heterocycles. The normalized spacial score (nSPS) is 16.8. The van der Waals surface area contributed by atoms with Crippen molar-refractivity contribution in [1.82, 2.24) is 9.97 Å². The number of allylic oxidation sites excluding steroid dienone is 3. The summed E-state index contributed by atoms with van der Waals surface area (Å²) >= 11 is 3.31. The third kappa shape index (κ3) is 5.43. The zero-order valence-electron chi connectivity index (χ0n) is 13.9. The van der Waals surface area contributed by atoms with Gasteiger partial charge in [-0.25, -0.2) is 4.98 Å². The van der Waals surface area contributed by atoms with Crippen LogP contribution < -0.4 is 10.6 Å². The van der Waals surface area contributed by atoms with Gasteiger partial charge in [-0.1, -0.05) is 6.08 Å². The minimum Gasteiger partial charge on any atom is -0.388 e. The molecular formula is C16H19BrF3N4O. The zero-order chi connectivity index (χ0) is 18.8. The van der Waals surface area contributed by atoms with E-state index in [1.165, 1.54) is 6.20 Å². The van der Waals surface area contributed by atoms with Gasteiger partial charge in [-0.3, -0.25) is 0 Å². The first-order valence-corrected chi connectivity index (χ1v) is 8.37. The van der Waals surface area contributed by atoms with Crippen molar-refractivity contribution in [1.29, 1.82) is 0 Å². The smallest absolute Gasteiger partial charge is 0.388 e. The van der Waals surface area contributed by atoms with Gasteiger partial charge in [0, 0.05) is 17.5 Å². The molecule has 0 saturated heterocycles. The lowest BCUT2D eigenvalue weighted by Gasteiger charge is -2.27. The first kappa shape index (κ1) is 19.7. The zero-order valence-corrected chi connectivity index (χ0v) is 15.5. The number of halogens is 4. The molecular weight excluding hydrogens is 401 g/mol. The summed E-state index contributed by atoms with van der Waals surface area (Å²) in [6.45, 7) is 5.11. The number of anilines is 2. The fourth-order valence-corrected chi connectivity index (χ4v) is 2.23. The Kier molecular flexibility index (Phi) is 5.78. The summed E-state index contributed by atoms with van der Waals surface area (Å²) in [5.41, 5.74) is -1.41. The van der Waals surface area contributed by atoms with Crippen molar-refractivity contribution in [3.63, 3.8) is 0 Å². The molecule has 2 rings (SSSR count). The maximum atomic E-state index is 12.8. The quantitative estimate of drug-likeness (QED) is 0.666. The number of aliphatic hydroxyl groups is 1. The van der Waals surface area contributed by atoms with E-state index < -0.39 is 17.4 Å². The predicted octanol–water partition coefficient (Wildman–Crippen LogP) is 4.20. The Morgan fingerprint density at radius 3 is 2.60 bits per heavy atom. The van der Waals surface area contributed by atoms with Gasteiger partial charge in [-0.05, 0) is 55.6 Å². The molecule has 1 aliphatic rings. The molecule has 0 amide bonds. The number of hydrogen-bond donors (Lipinski definition) is 3. The highest BCUT2D eigenvalue weighted by atomic mass is 79.9. The molecule has 1 aromatic rings. The Bertz CT molecular complexity index is 696. The second-order valence-electron chi connectivity index (χ2n) is 6.23. The number of nitrogens with one attached hydrogen (secondary N) is 2. The fraction of sp³-hybridized carbons (Fsp3) is 0.438. The molecule has 0 saturated carbocycles. The lowest BCUT2D eigenvalue weighted by molar-refractivity contribution is -0.0901. The van der Waals surface area contributed by atoms with Gasteiger partial charge in [-0.2, -0.15) is 18.2 Å². The summed E-state index contributed by atoms with van der Waals surface area (Å²) in [6.07, 6.45) is 1.01. The highest BCUT2D eigenvalue weighted by Crippen LogP contribution is 2.32. The molecule has 1 radical (unpaired) electrons. The number of nitrogens with zero attached hydrogens (tertiary/aromatic N) is 2. The second-order valence-corrected chi connectivity index (χ2v) is 7.09. The van der Waals surface area contributed by atoms with E-state index in [2.05, 4.69) is 36.5 Å². The summed E-state index contributed by atoms with van der Waals surface area (Å²) in [7, 11) is 0. The van der Waals surface area contributed by atoms with Gasteiger partial charge in [0.2, 0.25) is 5.95 Å². The molecule has 9 heteroatoms. The Balaban J connectivity index is 2.17. The third-order valence-corrected chi connectivity index (χ3v) is 4.31. The fourth-order valence-electron chi connectivity index (χ4n) is 1.92. The van der Waals surface area contributed by atoms with Crippen LogP contribution in [0.25, 0.3) is 0 Å². The van der Waals surface area contributed by atoms with Crippen LogP contribution in [0.5, 0.6) is 0 Å². The first-order valence-electron chi connectivity index (χ1n) is 7.57. The molecule has 0 unspecified atom stereocenters. The SMILES string of the molecule is C[C@@H](Nc1nc(NC2=CC[CH]C(C(F)(F)F)=C2)ncc1Br)C(C)(C)O. The summed E-state index contributed by atoms with van der Waals surface area (Å²) in [5, 5.41) is 15.8. The van der Waals surface area contributed by atoms with Crippen LogP contribution in [0.2, 0.25) is 0 Å². The van der Waals surface area contributed by atoms with Gasteiger partial charge in [0.15, 0.2) is 0 Å². The lowest BCUT2D eigenvalue weighted by atomic mass is 10.0. The van der Waals surface area contributed by atoms with Crippen molar-refractivity contribution in [3.05, 3.63) is 40.5 Å². The monoisotopic (exact) mass is 419 g/mol. The summed E-state index contributed by atoms with van der Waals surface area (Å²) in [5.74, 6) is 0.578. The molecule has 1 heterocycles. The van der Waals surface area contributed by atoms with E-state index in [1.807, 2.05) is 0 Å². The van der Waals surface area contributed by atoms with Crippen molar-refractivity contribution in [2.45, 2.75) is 45.0 Å². The van der Waals surface area contributed by atoms with E-state index >= 15 is 0 Å². The molecule has 137 valence electrons. The summed E-state index contributed by atoms with van der Waals surface area (Å²) < 4.78 is 39.0. The average Bonchev–Trinajstić information content (AvgIpc) is 2.49. The molecule has 0 spiro atoms. The van der Waals surface area contributed by atoms with Crippen molar-refractivity contribution in [3.8, 4) is 0 Å². The molecule has 0 fully saturated rings. The van der Waals surface area contributed by atoms with Crippen LogP contribution in [0.15, 0.2) is 34.1 Å². The Labute approximate surface area is 152 Å². The van der Waals surface area contributed by atoms with E-state index in [0.29, 0.717) is 10.3 Å². The Hall–Kier alpha value is -1.61. The van der Waals surface area contributed by atoms with Crippen LogP contribution in [0.3, 0.4) is 0 Å². The standard InChI is InChI=1S/C16H19BrF3N4O/c1-9(15(2,3)25)22-13-12(17)8-21-14(24-13)23-11-6-4-5-10(7-11)16(18,19)20/h5-9,25H,4H2,1-3H3,(H2,21,22,23,24)/t9-/m1/s1. The van der Waals surface area contributed by atoms with Gasteiger partial charge in [0.25, 0.3) is 0 Å². The third-order valence-electron chi connectivity index (χ3n) is 3.73. The van der Waals surface area contributed by atoms with Crippen LogP contribution in [0, 0.1) is 6.42 Å². The molecule has 0 bridgehead atoms. The second kappa shape index (κ2) is 7.33. The molecule has 25 heavy (non-hydrogen) atoms. The van der Waals surface area contributed by atoms with E-state index in [4.69, 9.17) is 0 Å². The summed E-state index contributed by atoms with van der Waals surface area (Å²) in [6, 6.07) is -0.313. The lowest BCUT2D eigenvalue weighted by Crippen LogP contribution is -2.39. The highest BCUT2D eigenvalue weighted by molar-refractivity contribution is 9.10. The van der Waals surface area contributed by atoms with Crippen LogP contribution in [-0.2, 0) is 0 Å². The van der Waals surface area contributed by atoms with E-state index in [-0.39, 0.29) is 24.1 Å². The van der Waals surface area contributed by atoms with Crippen molar-refractivity contribution < 1.29 is 18.3 Å². The van der Waals surface area contributed by atoms with Gasteiger partial charge in [0.1, 0.15) is 5.82 Å². The number of aromatic nitrogens is 2. The minimum atomic E-state index is -4.39. The van der Waals surface area contributed by atoms with Crippen LogP contribution >= 0.6 is 15.9 Å². The highest BCUT2D eigenvalue weighted by Gasteiger charge is 2.34. The van der Waals surface area contributed by atoms with E-state index in [1.54, 1.807) is 26.8 Å². The summed E-state index contributed by atoms with van der Waals surface area (Å²) in [4.78, 5) is 8.31. The van der Waals surface area contributed by atoms with Crippen molar-refractivity contribution in [2.24, 2.45) is 0 Å². The number of rotatable bonds is 5. The largest absolute Gasteiger partial charge is 0.413 e. The van der Waals surface area contributed by atoms with E-state index in [9.17, 15) is 18.3 Å². The van der Waals surface area contributed by atoms with Crippen LogP contribution in [-0.4, -0.2) is 32.9 Å². The molecule has 5 nitrogen and oxygen atoms in total. The molecule has 1 atom stereocenters. The van der Waals surface area contributed by atoms with Crippen LogP contribution in [0.1, 0.15) is 27.2 Å². The van der Waals surface area contributed by atoms with Crippen LogP contribution in [0.4, 0.5) is 24.9 Å². The van der Waals surface area contributed by atoms with Gasteiger partial charge in [0.05, 0.1) is 16.1 Å². The maximum Gasteiger partial charge on any atom is 0.413 e. The van der Waals surface area contributed by atoms with Crippen molar-refractivity contribution >= 4 is 27.7 Å². The molecule has 3 N–H and O–H groups in total. The van der Waals surface area contributed by atoms with Gasteiger partial charge < -0.3 is 15.7 Å². The first-order chi connectivity index (χ1) is 11.5. The maximum absolute atomic E-state index is 12.8. The van der Waals surface area contributed by atoms with E-state index in [0.717, 1.165) is 12.5 Å². The Morgan fingerprint density at radius 2 is 2.00 bits per heavy atom. The molecule has 1 aliphatic carbocycles. The van der Waals surface area contributed by atoms with Gasteiger partial charge >= 0.3 is 6.18 Å². The van der Waals surface area contributed by atoms with Gasteiger partial charge in [-0.15, -0.1) is 0 Å². The predicted molar refractivity (Wildman–Crippen MR) is 93.9 cm³/mol. The van der Waals surface area contributed by atoms with Crippen molar-refractivity contribution in [2.75, 3.05) is 10.6 Å². The molecule has 0 aromatic carbocycles.